The van der Waals surface area contributed by atoms with E-state index in [1.165, 1.54) is 10.8 Å². The third-order valence-electron chi connectivity index (χ3n) is 4.92. The van der Waals surface area contributed by atoms with Gasteiger partial charge in [-0.15, -0.1) is 0 Å². The fraction of sp³-hybridized carbons (Fsp3) is 0.300. The van der Waals surface area contributed by atoms with Crippen molar-refractivity contribution in [3.63, 3.8) is 0 Å². The van der Waals surface area contributed by atoms with Gasteiger partial charge in [-0.25, -0.2) is 9.78 Å². The molecule has 0 radical (unpaired) electrons. The number of likely N-dealkylation sites (tertiary alicyclic amines) is 1. The monoisotopic (exact) mass is 364 g/mol. The van der Waals surface area contributed by atoms with E-state index in [-0.39, 0.29) is 24.5 Å². The lowest BCUT2D eigenvalue weighted by Gasteiger charge is -2.18. The van der Waals surface area contributed by atoms with Gasteiger partial charge in [0.15, 0.2) is 5.52 Å². The summed E-state index contributed by atoms with van der Waals surface area (Å²) in [5.74, 6) is -0.107. The van der Waals surface area contributed by atoms with Gasteiger partial charge in [0.25, 0.3) is 5.56 Å². The minimum atomic E-state index is -0.489. The van der Waals surface area contributed by atoms with Crippen molar-refractivity contribution < 1.29 is 4.79 Å². The van der Waals surface area contributed by atoms with E-state index in [2.05, 4.69) is 4.98 Å². The highest BCUT2D eigenvalue weighted by atomic mass is 16.2. The number of carbonyl (C=O) groups excluding carboxylic acids is 1. The largest absolute Gasteiger partial charge is 0.341 e. The van der Waals surface area contributed by atoms with Crippen molar-refractivity contribution >= 4 is 16.9 Å². The highest BCUT2D eigenvalue weighted by molar-refractivity contribution is 5.79. The van der Waals surface area contributed by atoms with E-state index in [0.717, 1.165) is 23.0 Å². The number of pyridine rings is 1. The third kappa shape index (κ3) is 3.28. The summed E-state index contributed by atoms with van der Waals surface area (Å²) in [7, 11) is 0. The van der Waals surface area contributed by atoms with E-state index in [4.69, 9.17) is 0 Å². The number of fused-ring (bicyclic) bond motifs is 1. The molecule has 1 aliphatic heterocycles. The Balaban J connectivity index is 1.83. The van der Waals surface area contributed by atoms with Gasteiger partial charge in [-0.2, -0.15) is 0 Å². The summed E-state index contributed by atoms with van der Waals surface area (Å²) < 4.78 is 2.52. The predicted octanol–water partition coefficient (Wildman–Crippen LogP) is 1.23. The Bertz CT molecular complexity index is 1100. The van der Waals surface area contributed by atoms with Gasteiger partial charge in [-0.3, -0.25) is 18.7 Å². The molecule has 1 aliphatic rings. The molecule has 27 heavy (non-hydrogen) atoms. The summed E-state index contributed by atoms with van der Waals surface area (Å²) in [6.45, 7) is 1.49. The zero-order valence-electron chi connectivity index (χ0n) is 14.9. The van der Waals surface area contributed by atoms with Crippen LogP contribution in [-0.2, 0) is 17.9 Å². The Morgan fingerprint density at radius 2 is 1.70 bits per heavy atom. The van der Waals surface area contributed by atoms with Gasteiger partial charge in [0, 0.05) is 19.3 Å². The molecule has 2 aromatic heterocycles. The van der Waals surface area contributed by atoms with Gasteiger partial charge < -0.3 is 4.90 Å². The third-order valence-corrected chi connectivity index (χ3v) is 4.92. The summed E-state index contributed by atoms with van der Waals surface area (Å²) in [6.07, 6.45) is 3.49. The average Bonchev–Trinajstić information content (AvgIpc) is 3.24. The summed E-state index contributed by atoms with van der Waals surface area (Å²) in [4.78, 5) is 44.5. The molecule has 1 fully saturated rings. The first kappa shape index (κ1) is 17.2. The fourth-order valence-corrected chi connectivity index (χ4v) is 3.50. The number of carbonyl (C=O) groups is 1. The van der Waals surface area contributed by atoms with Crippen LogP contribution in [0.4, 0.5) is 0 Å². The molecule has 138 valence electrons. The number of amides is 1. The molecule has 0 N–H and O–H groups in total. The van der Waals surface area contributed by atoms with Crippen molar-refractivity contribution in [1.29, 1.82) is 0 Å². The number of benzene rings is 1. The van der Waals surface area contributed by atoms with Crippen LogP contribution >= 0.6 is 0 Å². The highest BCUT2D eigenvalue weighted by Gasteiger charge is 2.21. The molecule has 0 atom stereocenters. The fourth-order valence-electron chi connectivity index (χ4n) is 3.50. The van der Waals surface area contributed by atoms with Crippen molar-refractivity contribution in [1.82, 2.24) is 19.0 Å². The molecule has 0 spiro atoms. The molecule has 0 saturated carbocycles. The minimum Gasteiger partial charge on any atom is -0.341 e. The number of hydrogen-bond donors (Lipinski definition) is 0. The number of hydrogen-bond acceptors (Lipinski definition) is 4. The maximum Gasteiger partial charge on any atom is 0.332 e. The molecule has 3 heterocycles. The first-order valence-corrected chi connectivity index (χ1v) is 9.05. The van der Waals surface area contributed by atoms with E-state index in [1.807, 2.05) is 30.3 Å². The number of nitrogens with zero attached hydrogens (tertiary/aromatic N) is 4. The normalized spacial score (nSPS) is 14.0. The van der Waals surface area contributed by atoms with Gasteiger partial charge in [-0.1, -0.05) is 30.3 Å². The van der Waals surface area contributed by atoms with E-state index in [1.54, 1.807) is 17.0 Å². The van der Waals surface area contributed by atoms with Crippen LogP contribution in [0.3, 0.4) is 0 Å². The molecule has 0 aliphatic carbocycles. The lowest BCUT2D eigenvalue weighted by atomic mass is 10.2. The highest BCUT2D eigenvalue weighted by Crippen LogP contribution is 2.10. The standard InChI is InChI=1S/C20H20N4O3/c25-17(22-11-4-5-12-22)14-23-16-9-6-10-21-18(16)19(26)24(20(23)27)13-15-7-2-1-3-8-15/h1-3,6-10H,4-5,11-14H2. The number of rotatable bonds is 4. The first-order chi connectivity index (χ1) is 13.1. The average molecular weight is 364 g/mol. The van der Waals surface area contributed by atoms with Gasteiger partial charge in [-0.05, 0) is 30.5 Å². The van der Waals surface area contributed by atoms with Crippen LogP contribution in [0.2, 0.25) is 0 Å². The zero-order chi connectivity index (χ0) is 18.8. The van der Waals surface area contributed by atoms with E-state index in [9.17, 15) is 14.4 Å². The summed E-state index contributed by atoms with van der Waals surface area (Å²) in [5, 5.41) is 0. The quantitative estimate of drug-likeness (QED) is 0.698. The van der Waals surface area contributed by atoms with Crippen LogP contribution in [0, 0.1) is 0 Å². The smallest absolute Gasteiger partial charge is 0.332 e. The van der Waals surface area contributed by atoms with Crippen molar-refractivity contribution in [3.05, 3.63) is 75.1 Å². The molecule has 1 saturated heterocycles. The second-order valence-corrected chi connectivity index (χ2v) is 6.70. The van der Waals surface area contributed by atoms with Crippen molar-refractivity contribution in [2.45, 2.75) is 25.9 Å². The molecule has 0 unspecified atom stereocenters. The molecular formula is C20H20N4O3. The van der Waals surface area contributed by atoms with Crippen LogP contribution in [0.15, 0.2) is 58.3 Å². The van der Waals surface area contributed by atoms with Crippen LogP contribution < -0.4 is 11.2 Å². The van der Waals surface area contributed by atoms with E-state index >= 15 is 0 Å². The van der Waals surface area contributed by atoms with Crippen LogP contribution in [-0.4, -0.2) is 38.0 Å². The maximum absolute atomic E-state index is 13.1. The van der Waals surface area contributed by atoms with Crippen LogP contribution in [0.5, 0.6) is 0 Å². The Kier molecular flexibility index (Phi) is 4.58. The maximum atomic E-state index is 13.1. The van der Waals surface area contributed by atoms with Gasteiger partial charge in [0.05, 0.1) is 12.1 Å². The molecule has 4 rings (SSSR count). The van der Waals surface area contributed by atoms with Gasteiger partial charge in [0.2, 0.25) is 5.91 Å². The summed E-state index contributed by atoms with van der Waals surface area (Å²) >= 11 is 0. The van der Waals surface area contributed by atoms with Crippen LogP contribution in [0.1, 0.15) is 18.4 Å². The first-order valence-electron chi connectivity index (χ1n) is 9.05. The second kappa shape index (κ2) is 7.19. The molecule has 1 amide bonds. The molecule has 1 aromatic carbocycles. The topological polar surface area (TPSA) is 77.2 Å². The molecule has 3 aromatic rings. The van der Waals surface area contributed by atoms with Crippen molar-refractivity contribution in [2.24, 2.45) is 0 Å². The lowest BCUT2D eigenvalue weighted by Crippen LogP contribution is -2.43. The summed E-state index contributed by atoms with van der Waals surface area (Å²) in [6, 6.07) is 12.6. The molecule has 7 nitrogen and oxygen atoms in total. The Morgan fingerprint density at radius 1 is 0.963 bits per heavy atom. The van der Waals surface area contributed by atoms with Crippen LogP contribution in [0.25, 0.3) is 11.0 Å². The Labute approximate surface area is 155 Å². The Hall–Kier alpha value is -3.22. The Morgan fingerprint density at radius 3 is 2.44 bits per heavy atom. The van der Waals surface area contributed by atoms with Crippen molar-refractivity contribution in [3.8, 4) is 0 Å². The second-order valence-electron chi connectivity index (χ2n) is 6.70. The van der Waals surface area contributed by atoms with Gasteiger partial charge >= 0.3 is 5.69 Å². The molecule has 7 heteroatoms. The predicted molar refractivity (Wildman–Crippen MR) is 102 cm³/mol. The zero-order valence-corrected chi connectivity index (χ0v) is 14.9. The molecular weight excluding hydrogens is 344 g/mol. The number of aromatic nitrogens is 3. The molecule has 0 bridgehead atoms. The summed E-state index contributed by atoms with van der Waals surface area (Å²) in [5.41, 5.74) is 0.497. The minimum absolute atomic E-state index is 0.0872. The van der Waals surface area contributed by atoms with E-state index in [0.29, 0.717) is 18.6 Å². The lowest BCUT2D eigenvalue weighted by molar-refractivity contribution is -0.130. The van der Waals surface area contributed by atoms with Gasteiger partial charge in [0.1, 0.15) is 6.54 Å². The van der Waals surface area contributed by atoms with Crippen molar-refractivity contribution in [2.75, 3.05) is 13.1 Å². The van der Waals surface area contributed by atoms with E-state index < -0.39 is 11.2 Å². The SMILES string of the molecule is O=C(Cn1c(=O)n(Cc2ccccc2)c(=O)c2ncccc21)N1CCCC1.